The second kappa shape index (κ2) is 5.71. The van der Waals surface area contributed by atoms with Gasteiger partial charge < -0.3 is 16.4 Å². The molecule has 1 heterocycles. The van der Waals surface area contributed by atoms with Gasteiger partial charge in [-0.1, -0.05) is 11.8 Å². The van der Waals surface area contributed by atoms with Crippen molar-refractivity contribution in [2.24, 2.45) is 5.73 Å². The molecule has 0 saturated heterocycles. The van der Waals surface area contributed by atoms with Gasteiger partial charge in [-0.3, -0.25) is 0 Å². The van der Waals surface area contributed by atoms with Crippen molar-refractivity contribution in [2.75, 3.05) is 6.54 Å². The minimum Gasteiger partial charge on any atom is -0.335 e. The lowest BCUT2D eigenvalue weighted by Crippen LogP contribution is -2.36. The number of thiophene rings is 1. The number of amides is 2. The zero-order valence-corrected chi connectivity index (χ0v) is 10.3. The van der Waals surface area contributed by atoms with Gasteiger partial charge in [0.05, 0.1) is 18.0 Å². The quantitative estimate of drug-likeness (QED) is 0.700. The van der Waals surface area contributed by atoms with Crippen LogP contribution in [0.15, 0.2) is 12.1 Å². The third-order valence-electron chi connectivity index (χ3n) is 2.31. The topological polar surface area (TPSA) is 67.1 Å². The van der Waals surface area contributed by atoms with Gasteiger partial charge in [0.1, 0.15) is 0 Å². The van der Waals surface area contributed by atoms with Crippen LogP contribution < -0.4 is 16.4 Å². The fraction of sp³-hybridized carbons (Fsp3) is 0.417. The SMILES string of the molecule is NCC#Cc1ccc(CNC(=O)NC2CC2)s1. The number of carbonyl (C=O) groups is 1. The van der Waals surface area contributed by atoms with E-state index >= 15 is 0 Å². The van der Waals surface area contributed by atoms with Crippen molar-refractivity contribution < 1.29 is 4.79 Å². The largest absolute Gasteiger partial charge is 0.335 e. The van der Waals surface area contributed by atoms with Crippen LogP contribution in [0.25, 0.3) is 0 Å². The molecule has 1 aliphatic carbocycles. The molecule has 1 aromatic heterocycles. The summed E-state index contributed by atoms with van der Waals surface area (Å²) in [5.74, 6) is 5.78. The molecule has 1 fully saturated rings. The first-order valence-corrected chi connectivity index (χ1v) is 6.41. The first-order chi connectivity index (χ1) is 8.28. The number of nitrogens with one attached hydrogen (secondary N) is 2. The van der Waals surface area contributed by atoms with Crippen molar-refractivity contribution in [3.63, 3.8) is 0 Å². The molecule has 0 bridgehead atoms. The van der Waals surface area contributed by atoms with E-state index in [4.69, 9.17) is 5.73 Å². The van der Waals surface area contributed by atoms with Crippen molar-refractivity contribution in [3.05, 3.63) is 21.9 Å². The molecule has 1 aromatic rings. The van der Waals surface area contributed by atoms with Crippen molar-refractivity contribution >= 4 is 17.4 Å². The van der Waals surface area contributed by atoms with Gasteiger partial charge in [0, 0.05) is 10.9 Å². The van der Waals surface area contributed by atoms with Crippen molar-refractivity contribution in [1.29, 1.82) is 0 Å². The van der Waals surface area contributed by atoms with Crippen molar-refractivity contribution in [2.45, 2.75) is 25.4 Å². The van der Waals surface area contributed by atoms with Crippen LogP contribution in [-0.2, 0) is 6.54 Å². The minimum absolute atomic E-state index is 0.0875. The summed E-state index contributed by atoms with van der Waals surface area (Å²) in [7, 11) is 0. The van der Waals surface area contributed by atoms with E-state index in [1.165, 1.54) is 0 Å². The lowest BCUT2D eigenvalue weighted by Gasteiger charge is -2.04. The zero-order valence-electron chi connectivity index (χ0n) is 9.45. The Hall–Kier alpha value is -1.51. The van der Waals surface area contributed by atoms with E-state index in [9.17, 15) is 4.79 Å². The molecule has 1 aliphatic rings. The number of carbonyl (C=O) groups excluding carboxylic acids is 1. The van der Waals surface area contributed by atoms with E-state index in [-0.39, 0.29) is 6.03 Å². The Bertz CT molecular complexity index is 454. The second-order valence-electron chi connectivity index (χ2n) is 3.87. The Kier molecular flexibility index (Phi) is 4.02. The molecule has 0 aliphatic heterocycles. The Labute approximate surface area is 105 Å². The summed E-state index contributed by atoms with van der Waals surface area (Å²) in [4.78, 5) is 13.5. The normalized spacial score (nSPS) is 13.7. The zero-order chi connectivity index (χ0) is 12.1. The molecular formula is C12H15N3OS. The molecule has 0 radical (unpaired) electrons. The highest BCUT2D eigenvalue weighted by Gasteiger charge is 2.22. The molecule has 0 atom stereocenters. The standard InChI is InChI=1S/C12H15N3OS/c13-7-1-2-10-5-6-11(17-10)8-14-12(16)15-9-3-4-9/h5-6,9H,3-4,7-8,13H2,(H2,14,15,16). The van der Waals surface area contributed by atoms with Gasteiger partial charge in [-0.15, -0.1) is 11.3 Å². The molecule has 17 heavy (non-hydrogen) atoms. The van der Waals surface area contributed by atoms with Gasteiger partial charge in [-0.25, -0.2) is 4.79 Å². The molecular weight excluding hydrogens is 234 g/mol. The van der Waals surface area contributed by atoms with E-state index in [0.717, 1.165) is 22.6 Å². The highest BCUT2D eigenvalue weighted by atomic mass is 32.1. The Morgan fingerprint density at radius 1 is 1.53 bits per heavy atom. The Balaban J connectivity index is 1.77. The van der Waals surface area contributed by atoms with E-state index < -0.39 is 0 Å². The number of urea groups is 1. The summed E-state index contributed by atoms with van der Waals surface area (Å²) in [6.45, 7) is 0.919. The summed E-state index contributed by atoms with van der Waals surface area (Å²) in [5.41, 5.74) is 5.30. The lowest BCUT2D eigenvalue weighted by atomic mass is 10.4. The van der Waals surface area contributed by atoms with Gasteiger partial charge in [0.15, 0.2) is 0 Å². The van der Waals surface area contributed by atoms with E-state index in [2.05, 4.69) is 22.5 Å². The molecule has 4 nitrogen and oxygen atoms in total. The average Bonchev–Trinajstić information content (AvgIpc) is 3.01. The molecule has 0 unspecified atom stereocenters. The molecule has 1 saturated carbocycles. The first-order valence-electron chi connectivity index (χ1n) is 5.60. The summed E-state index contributed by atoms with van der Waals surface area (Å²) < 4.78 is 0. The third-order valence-corrected chi connectivity index (χ3v) is 3.31. The Morgan fingerprint density at radius 2 is 2.35 bits per heavy atom. The fourth-order valence-electron chi connectivity index (χ4n) is 1.31. The minimum atomic E-state index is -0.0875. The molecule has 2 amide bonds. The van der Waals surface area contributed by atoms with E-state index in [1.54, 1.807) is 11.3 Å². The molecule has 4 N–H and O–H groups in total. The maximum Gasteiger partial charge on any atom is 0.315 e. The van der Waals surface area contributed by atoms with Crippen LogP contribution in [0, 0.1) is 11.8 Å². The summed E-state index contributed by atoms with van der Waals surface area (Å²) in [6.07, 6.45) is 2.20. The number of rotatable bonds is 3. The van der Waals surface area contributed by atoms with Crippen LogP contribution in [0.4, 0.5) is 4.79 Å². The second-order valence-corrected chi connectivity index (χ2v) is 5.04. The van der Waals surface area contributed by atoms with Gasteiger partial charge in [0.25, 0.3) is 0 Å². The highest BCUT2D eigenvalue weighted by Crippen LogP contribution is 2.18. The molecule has 5 heteroatoms. The van der Waals surface area contributed by atoms with Crippen LogP contribution >= 0.6 is 11.3 Å². The fourth-order valence-corrected chi connectivity index (χ4v) is 2.13. The maximum atomic E-state index is 11.4. The third kappa shape index (κ3) is 4.10. The first kappa shape index (κ1) is 12.0. The smallest absolute Gasteiger partial charge is 0.315 e. The molecule has 2 rings (SSSR count). The van der Waals surface area contributed by atoms with Crippen LogP contribution in [0.5, 0.6) is 0 Å². The molecule has 0 spiro atoms. The predicted octanol–water partition coefficient (Wildman–Crippen LogP) is 1.02. The Morgan fingerprint density at radius 3 is 3.06 bits per heavy atom. The van der Waals surface area contributed by atoms with Crippen LogP contribution in [0.3, 0.4) is 0 Å². The van der Waals surface area contributed by atoms with E-state index in [1.807, 2.05) is 12.1 Å². The van der Waals surface area contributed by atoms with Gasteiger partial charge in [0.2, 0.25) is 0 Å². The molecule has 0 aromatic carbocycles. The van der Waals surface area contributed by atoms with Crippen molar-refractivity contribution in [3.8, 4) is 11.8 Å². The van der Waals surface area contributed by atoms with Crippen LogP contribution in [0.1, 0.15) is 22.6 Å². The predicted molar refractivity (Wildman–Crippen MR) is 68.6 cm³/mol. The summed E-state index contributed by atoms with van der Waals surface area (Å²) in [5, 5.41) is 5.70. The van der Waals surface area contributed by atoms with Gasteiger partial charge in [-0.2, -0.15) is 0 Å². The number of hydrogen-bond acceptors (Lipinski definition) is 3. The van der Waals surface area contributed by atoms with Crippen molar-refractivity contribution in [1.82, 2.24) is 10.6 Å². The van der Waals surface area contributed by atoms with Crippen LogP contribution in [0.2, 0.25) is 0 Å². The summed E-state index contributed by atoms with van der Waals surface area (Å²) in [6, 6.07) is 4.23. The number of nitrogens with two attached hydrogens (primary N) is 1. The highest BCUT2D eigenvalue weighted by molar-refractivity contribution is 7.12. The maximum absolute atomic E-state index is 11.4. The van der Waals surface area contributed by atoms with E-state index in [0.29, 0.717) is 19.1 Å². The summed E-state index contributed by atoms with van der Waals surface area (Å²) >= 11 is 1.58. The van der Waals surface area contributed by atoms with Crippen LogP contribution in [-0.4, -0.2) is 18.6 Å². The number of hydrogen-bond donors (Lipinski definition) is 3. The monoisotopic (exact) mass is 249 g/mol. The average molecular weight is 249 g/mol. The lowest BCUT2D eigenvalue weighted by molar-refractivity contribution is 0.240. The van der Waals surface area contributed by atoms with Gasteiger partial charge >= 0.3 is 6.03 Å². The molecule has 90 valence electrons. The van der Waals surface area contributed by atoms with Gasteiger partial charge in [-0.05, 0) is 25.0 Å².